The van der Waals surface area contributed by atoms with Gasteiger partial charge in [-0.15, -0.1) is 45.3 Å². The van der Waals surface area contributed by atoms with Crippen LogP contribution >= 0.6 is 45.3 Å². The highest BCUT2D eigenvalue weighted by atomic mass is 32.1. The molecular weight excluding hydrogens is 1080 g/mol. The highest BCUT2D eigenvalue weighted by Gasteiger charge is 2.37. The third-order valence-electron chi connectivity index (χ3n) is 16.9. The number of Topliss-reactive ketones (excluding diaryl/α,β-unsaturated/α-hetero) is 4. The smallest absolute Gasteiger partial charge is 0.199 e. The van der Waals surface area contributed by atoms with E-state index in [-0.39, 0.29) is 45.1 Å². The molecule has 8 aromatic rings. The molecule has 0 saturated heterocycles. The summed E-state index contributed by atoms with van der Waals surface area (Å²) >= 11 is 6.67. The minimum atomic E-state index is -0.205. The summed E-state index contributed by atoms with van der Waals surface area (Å²) < 4.78 is 8.04. The number of ketones is 4. The van der Waals surface area contributed by atoms with E-state index in [1.54, 1.807) is 22.7 Å². The lowest BCUT2D eigenvalue weighted by Crippen LogP contribution is -2.12. The molecule has 8 heteroatoms. The molecule has 10 rings (SSSR count). The van der Waals surface area contributed by atoms with Crippen molar-refractivity contribution < 1.29 is 19.2 Å². The molecule has 424 valence electrons. The first-order valence-electron chi connectivity index (χ1n) is 29.5. The molecule has 2 aliphatic rings. The minimum absolute atomic E-state index is 0.171. The first-order chi connectivity index (χ1) is 38.5. The second-order valence-electron chi connectivity index (χ2n) is 27.0. The molecule has 0 bridgehead atoms. The van der Waals surface area contributed by atoms with Crippen molar-refractivity contribution >= 4 is 79.6 Å². The van der Waals surface area contributed by atoms with Gasteiger partial charge in [0.2, 0.25) is 0 Å². The summed E-state index contributed by atoms with van der Waals surface area (Å²) in [6.45, 7) is 40.5. The van der Waals surface area contributed by atoms with Crippen LogP contribution in [0.1, 0.15) is 268 Å². The van der Waals surface area contributed by atoms with Crippen molar-refractivity contribution in [3.63, 3.8) is 0 Å². The molecule has 0 radical (unpaired) electrons. The molecule has 0 aliphatic heterocycles. The van der Waals surface area contributed by atoms with E-state index in [4.69, 9.17) is 0 Å². The van der Waals surface area contributed by atoms with E-state index in [2.05, 4.69) is 173 Å². The fourth-order valence-electron chi connectivity index (χ4n) is 11.9. The van der Waals surface area contributed by atoms with Gasteiger partial charge >= 0.3 is 0 Å². The molecule has 0 saturated carbocycles. The maximum atomic E-state index is 14.3. The van der Waals surface area contributed by atoms with Crippen LogP contribution in [0, 0.1) is 27.2 Å². The number of carbonyl (C=O) groups is 4. The lowest BCUT2D eigenvalue weighted by molar-refractivity contribution is 0.101. The van der Waals surface area contributed by atoms with Crippen LogP contribution in [0.2, 0.25) is 0 Å². The van der Waals surface area contributed by atoms with E-state index in [1.807, 2.05) is 48.5 Å². The summed E-state index contributed by atoms with van der Waals surface area (Å²) in [5.41, 5.74) is 17.7. The molecule has 4 heterocycles. The van der Waals surface area contributed by atoms with Crippen molar-refractivity contribution in [2.75, 3.05) is 0 Å². The molecule has 4 aromatic carbocycles. The number of fused-ring (bicyclic) bond motifs is 2. The maximum absolute atomic E-state index is 14.3. The second-order valence-corrected chi connectivity index (χ2v) is 31.3. The van der Waals surface area contributed by atoms with E-state index >= 15 is 0 Å². The summed E-state index contributed by atoms with van der Waals surface area (Å²) in [5, 5.41) is 0. The van der Waals surface area contributed by atoms with Crippen LogP contribution in [0.3, 0.4) is 0 Å². The first kappa shape index (κ1) is 59.3. The van der Waals surface area contributed by atoms with Crippen molar-refractivity contribution in [3.8, 4) is 0 Å². The van der Waals surface area contributed by atoms with Crippen LogP contribution in [0.15, 0.2) is 97.1 Å². The van der Waals surface area contributed by atoms with E-state index in [0.29, 0.717) is 66.8 Å². The number of carbonyl (C=O) groups excluding carboxylic acids is 4. The fraction of sp³-hybridized carbons (Fsp3) is 0.378. The second kappa shape index (κ2) is 22.3. The Morgan fingerprint density at radius 3 is 0.927 bits per heavy atom. The van der Waals surface area contributed by atoms with Gasteiger partial charge in [0, 0.05) is 58.5 Å². The van der Waals surface area contributed by atoms with E-state index in [0.717, 1.165) is 42.1 Å². The van der Waals surface area contributed by atoms with Gasteiger partial charge in [0.05, 0.1) is 11.1 Å². The predicted octanol–water partition coefficient (Wildman–Crippen LogP) is 18.8. The lowest BCUT2D eigenvalue weighted by Gasteiger charge is -2.23. The number of thiophene rings is 4. The molecule has 4 aromatic heterocycles. The molecule has 0 spiro atoms. The lowest BCUT2D eigenvalue weighted by atomic mass is 9.82. The highest BCUT2D eigenvalue weighted by Crippen LogP contribution is 2.39. The molecule has 0 atom stereocenters. The monoisotopic (exact) mass is 1160 g/mol. The van der Waals surface area contributed by atoms with Crippen LogP contribution in [0.25, 0.3) is 11.1 Å². The molecule has 0 N–H and O–H groups in total. The largest absolute Gasteiger partial charge is 0.288 e. The average Bonchev–Trinajstić information content (AvgIpc) is 3.01. The molecule has 0 unspecified atom stereocenters. The zero-order valence-corrected chi connectivity index (χ0v) is 54.6. The van der Waals surface area contributed by atoms with Crippen LogP contribution in [-0.2, 0) is 23.7 Å². The van der Waals surface area contributed by atoms with Gasteiger partial charge in [0.25, 0.3) is 0 Å². The van der Waals surface area contributed by atoms with Crippen LogP contribution in [0.5, 0.6) is 0 Å². The van der Waals surface area contributed by atoms with Crippen molar-refractivity contribution in [3.05, 3.63) is 222 Å². The predicted molar refractivity (Wildman–Crippen MR) is 347 cm³/mol. The van der Waals surface area contributed by atoms with Crippen molar-refractivity contribution in [2.45, 2.75) is 184 Å². The molecule has 4 nitrogen and oxygen atoms in total. The zero-order valence-electron chi connectivity index (χ0n) is 51.4. The Labute approximate surface area is 501 Å². The number of hydrogen-bond acceptors (Lipinski definition) is 8. The quantitative estimate of drug-likeness (QED) is 0.137. The average molecular weight is 1160 g/mol. The van der Waals surface area contributed by atoms with Gasteiger partial charge in [0.15, 0.2) is 23.1 Å². The summed E-state index contributed by atoms with van der Waals surface area (Å²) in [6.07, 6.45) is 1.47. The Hall–Kier alpha value is -5.90. The molecule has 82 heavy (non-hydrogen) atoms. The summed E-state index contributed by atoms with van der Waals surface area (Å²) in [4.78, 5) is 57.1. The highest BCUT2D eigenvalue weighted by molar-refractivity contribution is 7.14. The molecular formula is C74H80O4S4. The Morgan fingerprint density at radius 1 is 0.329 bits per heavy atom. The minimum Gasteiger partial charge on any atom is -0.288 e. The topological polar surface area (TPSA) is 68.3 Å². The number of hydrogen-bond donors (Lipinski definition) is 0. The van der Waals surface area contributed by atoms with Crippen LogP contribution < -0.4 is 9.06 Å². The normalized spacial score (nSPS) is 16.7. The maximum Gasteiger partial charge on any atom is 0.199 e. The fourth-order valence-corrected chi connectivity index (χ4v) is 16.8. The summed E-state index contributed by atoms with van der Waals surface area (Å²) in [6, 6.07) is 34.3. The van der Waals surface area contributed by atoms with Crippen molar-refractivity contribution in [1.29, 1.82) is 0 Å². The Balaban J connectivity index is 1.31. The third-order valence-corrected chi connectivity index (χ3v) is 22.0. The summed E-state index contributed by atoms with van der Waals surface area (Å²) in [5.74, 6) is 1.16. The number of benzene rings is 4. The van der Waals surface area contributed by atoms with Gasteiger partial charge in [-0.3, -0.25) is 19.2 Å². The molecule has 0 fully saturated rings. The van der Waals surface area contributed by atoms with Crippen LogP contribution in [0.4, 0.5) is 0 Å². The van der Waals surface area contributed by atoms with Crippen molar-refractivity contribution in [2.24, 2.45) is 0 Å². The zero-order chi connectivity index (χ0) is 59.3. The van der Waals surface area contributed by atoms with Gasteiger partial charge in [-0.05, 0) is 187 Å². The third kappa shape index (κ3) is 11.0. The van der Waals surface area contributed by atoms with Crippen molar-refractivity contribution in [1.82, 2.24) is 0 Å². The standard InChI is InChI=1S/C74H80O4S4/c1-37(2)43-27-51(39(5)6)55(52(28-43)40(7)8)31-45-33-63(59-23-25-61(79-59)65-67(75)49-21-19-47(73(13,14)15)35-57(49)69(65)77)81-71(45)72-46(32-56-53(41(9)10)29-44(38(3)4)30-54(56)42(11)12)34-64(82-72)60-24-26-62(80-60)66-68(76)50-22-20-48(74(16,17)18)36-58(50)70(66)78/h19-30,33-42H,31-32H2,1-18H3/b63-59+,64-60+,65-61+,66-62+,72-71+. The van der Waals surface area contributed by atoms with Gasteiger partial charge in [-0.25, -0.2) is 0 Å². The molecule has 0 amide bonds. The number of rotatable bonds is 10. The SMILES string of the molecule is CC(C)c1cc(C(C)C)c(Cc2c/c(=c3/cc/c(=C4/C(=O)c5ccc(C(C)(C)C)cc5C4=O)s3)s/c2=c2/s/c(=c3\cc/c(=C4/C(=O)c5ccc(C(C)(C)C)cc5C4=O)s3)cc2Cc2c(C(C)C)cc(C(C)C)cc2C(C)C)c(C(C)C)c1. The van der Waals surface area contributed by atoms with E-state index in [1.165, 1.54) is 87.4 Å². The van der Waals surface area contributed by atoms with E-state index in [9.17, 15) is 19.2 Å². The molecule has 2 aliphatic carbocycles. The van der Waals surface area contributed by atoms with Gasteiger partial charge < -0.3 is 0 Å². The van der Waals surface area contributed by atoms with Crippen LogP contribution in [-0.4, -0.2) is 23.1 Å². The Bertz CT molecular complexity index is 4050. The van der Waals surface area contributed by atoms with Gasteiger partial charge in [-0.1, -0.05) is 161 Å². The van der Waals surface area contributed by atoms with E-state index < -0.39 is 0 Å². The van der Waals surface area contributed by atoms with Gasteiger partial charge in [0.1, 0.15) is 0 Å². The Morgan fingerprint density at radius 2 is 0.634 bits per heavy atom. The van der Waals surface area contributed by atoms with Gasteiger partial charge in [-0.2, -0.15) is 0 Å². The summed E-state index contributed by atoms with van der Waals surface area (Å²) in [7, 11) is 0. The Kier molecular flexibility index (Phi) is 16.1. The first-order valence-corrected chi connectivity index (χ1v) is 32.8.